The number of para-hydroxylation sites is 1. The highest BCUT2D eigenvalue weighted by Gasteiger charge is 2.34. The van der Waals surface area contributed by atoms with Gasteiger partial charge in [0.1, 0.15) is 42.3 Å². The normalized spacial score (nSPS) is 14.2. The first-order valence-electron chi connectivity index (χ1n) is 26.1. The molecule has 1 aromatic carbocycles. The summed E-state index contributed by atoms with van der Waals surface area (Å²) in [6.45, 7) is 2.57. The first-order chi connectivity index (χ1) is 36.8. The molecule has 0 bridgehead atoms. The maximum Gasteiger partial charge on any atom is 0.326 e. The third-order valence-corrected chi connectivity index (χ3v) is 12.9. The molecule has 8 unspecified atom stereocenters. The molecule has 0 radical (unpaired) electrons. The fourth-order valence-corrected chi connectivity index (χ4v) is 8.46. The maximum absolute atomic E-state index is 14.6. The summed E-state index contributed by atoms with van der Waals surface area (Å²) < 4.78 is 0. The Morgan fingerprint density at radius 3 is 1.30 bits per heavy atom. The van der Waals surface area contributed by atoms with E-state index < -0.39 is 95.7 Å². The van der Waals surface area contributed by atoms with E-state index in [1.54, 1.807) is 12.5 Å². The minimum absolute atomic E-state index is 0.0123. The molecule has 2 aromatic rings. The molecule has 27 nitrogen and oxygen atoms in total. The number of guanidine groups is 2. The fraction of sp³-hybridized carbons (Fsp3) is 0.633. The molecule has 7 amide bonds. The molecule has 77 heavy (non-hydrogen) atoms. The van der Waals surface area contributed by atoms with Crippen molar-refractivity contribution in [1.82, 2.24) is 42.2 Å². The summed E-state index contributed by atoms with van der Waals surface area (Å²) in [6.07, 6.45) is 7.01. The molecule has 432 valence electrons. The number of aliphatic carboxylic acids is 1. The molecule has 0 aliphatic rings. The van der Waals surface area contributed by atoms with Crippen molar-refractivity contribution < 1.29 is 43.5 Å². The van der Waals surface area contributed by atoms with Gasteiger partial charge in [-0.2, -0.15) is 11.8 Å². The number of aromatic nitrogens is 1. The Bertz CT molecular complexity index is 2240. The lowest BCUT2D eigenvalue weighted by Crippen LogP contribution is -2.60. The predicted octanol–water partition coefficient (Wildman–Crippen LogP) is -3.22. The standard InChI is InChI=1S/C49H86N18O9S/c1-29(53)40(68)61-35(18-11-24-58-48(54)55)41(69)63-36(19-12-25-59-49(56)57)42(70)65-37(20-26-77-2)45(73)62-34(16-6-9-22-51)44(72)67-39(27-30-28-60-32-14-4-3-13-31(30)32)46(74)64-33(15-5-8-21-50)43(71)66-38(47(75)76)17-7-10-23-52/h3-4,13-14,28-29,33-39,60H,5-12,15-27,50-53H2,1-2H3,(H,61,68)(H,62,73)(H,63,69)(H,64,74)(H,65,70)(H,66,71)(H,67,72)(H,75,76)(H4,54,55,58)(H4,56,57,59). The molecule has 0 aliphatic carbocycles. The number of carboxylic acid groups (broad SMARTS) is 1. The van der Waals surface area contributed by atoms with Gasteiger partial charge in [0.15, 0.2) is 11.9 Å². The molecule has 2 rings (SSSR count). The van der Waals surface area contributed by atoms with Gasteiger partial charge in [-0.25, -0.2) is 4.79 Å². The third kappa shape index (κ3) is 25.8. The molecule has 25 N–H and O–H groups in total. The summed E-state index contributed by atoms with van der Waals surface area (Å²) in [5.41, 5.74) is 46.4. The van der Waals surface area contributed by atoms with Gasteiger partial charge in [0.25, 0.3) is 0 Å². The predicted molar refractivity (Wildman–Crippen MR) is 298 cm³/mol. The highest BCUT2D eigenvalue weighted by Crippen LogP contribution is 2.20. The summed E-state index contributed by atoms with van der Waals surface area (Å²) in [5.74, 6) is -6.36. The van der Waals surface area contributed by atoms with Crippen LogP contribution in [0.2, 0.25) is 0 Å². The summed E-state index contributed by atoms with van der Waals surface area (Å²) in [6, 6.07) is -2.45. The van der Waals surface area contributed by atoms with E-state index in [0.717, 1.165) is 10.9 Å². The Labute approximate surface area is 454 Å². The Morgan fingerprint density at radius 2 is 0.896 bits per heavy atom. The molecule has 0 spiro atoms. The number of carbonyl (C=O) groups excluding carboxylic acids is 7. The van der Waals surface area contributed by atoms with Crippen LogP contribution in [0.1, 0.15) is 102 Å². The summed E-state index contributed by atoms with van der Waals surface area (Å²) in [5, 5.41) is 29.7. The van der Waals surface area contributed by atoms with Crippen molar-refractivity contribution >= 4 is 81.9 Å². The lowest BCUT2D eigenvalue weighted by Gasteiger charge is -2.28. The van der Waals surface area contributed by atoms with Crippen molar-refractivity contribution in [1.29, 1.82) is 0 Å². The lowest BCUT2D eigenvalue weighted by atomic mass is 10.0. The van der Waals surface area contributed by atoms with Gasteiger partial charge in [0.05, 0.1) is 6.04 Å². The highest BCUT2D eigenvalue weighted by molar-refractivity contribution is 7.98. The number of thioether (sulfide) groups is 1. The van der Waals surface area contributed by atoms with E-state index >= 15 is 0 Å². The molecule has 0 saturated carbocycles. The van der Waals surface area contributed by atoms with Crippen molar-refractivity contribution in [2.45, 2.75) is 152 Å². The number of hydrogen-bond acceptors (Lipinski definition) is 15. The van der Waals surface area contributed by atoms with Gasteiger partial charge >= 0.3 is 5.97 Å². The number of fused-ring (bicyclic) bond motifs is 1. The van der Waals surface area contributed by atoms with E-state index in [4.69, 9.17) is 45.9 Å². The number of aliphatic imine (C=N–C) groups is 2. The van der Waals surface area contributed by atoms with Crippen LogP contribution in [0.5, 0.6) is 0 Å². The molecule has 1 aromatic heterocycles. The van der Waals surface area contributed by atoms with E-state index in [0.29, 0.717) is 62.9 Å². The number of nitrogens with zero attached hydrogens (tertiary/aromatic N) is 2. The number of H-pyrrole nitrogens is 1. The summed E-state index contributed by atoms with van der Waals surface area (Å²) >= 11 is 1.39. The van der Waals surface area contributed by atoms with Crippen LogP contribution in [0.3, 0.4) is 0 Å². The van der Waals surface area contributed by atoms with E-state index in [-0.39, 0.29) is 89.3 Å². The van der Waals surface area contributed by atoms with Crippen molar-refractivity contribution in [3.05, 3.63) is 36.0 Å². The van der Waals surface area contributed by atoms with Crippen LogP contribution < -0.4 is 83.1 Å². The molecular formula is C49H86N18O9S. The Balaban J connectivity index is 2.55. The smallest absolute Gasteiger partial charge is 0.326 e. The molecule has 0 fully saturated rings. The second-order valence-electron chi connectivity index (χ2n) is 18.7. The second-order valence-corrected chi connectivity index (χ2v) is 19.6. The van der Waals surface area contributed by atoms with Gasteiger partial charge in [-0.15, -0.1) is 0 Å². The van der Waals surface area contributed by atoms with Gasteiger partial charge < -0.3 is 93.2 Å². The Morgan fingerprint density at radius 1 is 0.532 bits per heavy atom. The topological polar surface area (TPSA) is 490 Å². The van der Waals surface area contributed by atoms with Crippen LogP contribution in [-0.2, 0) is 44.8 Å². The number of carbonyl (C=O) groups is 8. The number of hydrogen-bond donors (Lipinski definition) is 17. The van der Waals surface area contributed by atoms with Gasteiger partial charge in [0, 0.05) is 36.6 Å². The van der Waals surface area contributed by atoms with E-state index in [2.05, 4.69) is 52.2 Å². The van der Waals surface area contributed by atoms with Crippen LogP contribution in [0.4, 0.5) is 0 Å². The van der Waals surface area contributed by atoms with Crippen LogP contribution in [0, 0.1) is 0 Å². The Hall–Kier alpha value is -6.75. The van der Waals surface area contributed by atoms with E-state index in [1.807, 2.05) is 24.3 Å². The zero-order valence-electron chi connectivity index (χ0n) is 44.5. The van der Waals surface area contributed by atoms with Crippen molar-refractivity contribution in [3.63, 3.8) is 0 Å². The number of unbranched alkanes of at least 4 members (excludes halogenated alkanes) is 3. The number of amides is 7. The number of aromatic amines is 1. The minimum atomic E-state index is -1.34. The number of nitrogens with two attached hydrogens (primary N) is 8. The maximum atomic E-state index is 14.6. The number of benzene rings is 1. The Kier molecular flexibility index (Phi) is 32.0. The zero-order chi connectivity index (χ0) is 57.3. The highest BCUT2D eigenvalue weighted by atomic mass is 32.2. The van der Waals surface area contributed by atoms with Crippen molar-refractivity contribution in [3.8, 4) is 0 Å². The number of nitrogens with one attached hydrogen (secondary N) is 8. The average molecular weight is 1100 g/mol. The number of rotatable bonds is 40. The summed E-state index contributed by atoms with van der Waals surface area (Å²) in [4.78, 5) is 121. The molecular weight excluding hydrogens is 1020 g/mol. The van der Waals surface area contributed by atoms with Crippen molar-refractivity contribution in [2.24, 2.45) is 55.9 Å². The fourth-order valence-electron chi connectivity index (χ4n) is 7.99. The third-order valence-electron chi connectivity index (χ3n) is 12.3. The van der Waals surface area contributed by atoms with E-state index in [9.17, 15) is 43.5 Å². The molecule has 28 heteroatoms. The number of carboxylic acids is 1. The van der Waals surface area contributed by atoms with Gasteiger partial charge in [0.2, 0.25) is 41.4 Å². The first-order valence-corrected chi connectivity index (χ1v) is 27.5. The monoisotopic (exact) mass is 1100 g/mol. The van der Waals surface area contributed by atoms with Gasteiger partial charge in [-0.05, 0) is 140 Å². The van der Waals surface area contributed by atoms with Gasteiger partial charge in [-0.3, -0.25) is 43.5 Å². The average Bonchev–Trinajstić information content (AvgIpc) is 3.80. The zero-order valence-corrected chi connectivity index (χ0v) is 45.3. The molecule has 0 saturated heterocycles. The quantitative estimate of drug-likeness (QED) is 0.0177. The molecule has 0 aliphatic heterocycles. The van der Waals surface area contributed by atoms with E-state index in [1.165, 1.54) is 18.7 Å². The SMILES string of the molecule is CSCCC(NC(=O)C(CCCN=C(N)N)NC(=O)C(CCCN=C(N)N)NC(=O)C(C)N)C(=O)NC(CCCCN)C(=O)NC(Cc1c[nH]c2ccccc12)C(=O)NC(CCCCN)C(=O)NC(CCCCN)C(=O)O. The lowest BCUT2D eigenvalue weighted by molar-refractivity contribution is -0.142. The second kappa shape index (κ2) is 37.1. The van der Waals surface area contributed by atoms with Gasteiger partial charge in [-0.1, -0.05) is 18.2 Å². The summed E-state index contributed by atoms with van der Waals surface area (Å²) in [7, 11) is 0. The molecule has 8 atom stereocenters. The van der Waals surface area contributed by atoms with Crippen LogP contribution in [-0.4, -0.2) is 162 Å². The minimum Gasteiger partial charge on any atom is -0.480 e. The van der Waals surface area contributed by atoms with Crippen molar-refractivity contribution in [2.75, 3.05) is 44.7 Å². The van der Waals surface area contributed by atoms with Crippen LogP contribution in [0.15, 0.2) is 40.4 Å². The molecule has 1 heterocycles. The first kappa shape index (κ1) is 66.4. The van der Waals surface area contributed by atoms with Crippen LogP contribution >= 0.6 is 11.8 Å². The van der Waals surface area contributed by atoms with Crippen LogP contribution in [0.25, 0.3) is 10.9 Å². The largest absolute Gasteiger partial charge is 0.480 e.